The lowest BCUT2D eigenvalue weighted by Crippen LogP contribution is -2.36. The molecule has 0 atom stereocenters. The molecule has 0 aliphatic heterocycles. The monoisotopic (exact) mass is 419 g/mol. The molecule has 0 saturated carbocycles. The van der Waals surface area contributed by atoms with E-state index in [2.05, 4.69) is 20.4 Å². The molecule has 0 unspecified atom stereocenters. The molecule has 0 fully saturated rings. The number of nitrogens with one attached hydrogen (secondary N) is 2. The topological polar surface area (TPSA) is 63.2 Å². The second-order valence-electron chi connectivity index (χ2n) is 5.32. The van der Waals surface area contributed by atoms with Crippen molar-refractivity contribution < 1.29 is 22.7 Å². The van der Waals surface area contributed by atoms with Gasteiger partial charge in [0.2, 0.25) is 5.88 Å². The van der Waals surface area contributed by atoms with E-state index in [-0.39, 0.29) is 18.5 Å². The first-order valence-electron chi connectivity index (χ1n) is 7.86. The number of nitrogens with zero attached hydrogens (tertiary/aromatic N) is 1. The molecule has 1 aromatic carbocycles. The zero-order valence-electron chi connectivity index (χ0n) is 14.1. The highest BCUT2D eigenvalue weighted by Gasteiger charge is 2.28. The number of hydrogen-bond donors (Lipinski definition) is 2. The minimum absolute atomic E-state index is 0.140. The second-order valence-corrected chi connectivity index (χ2v) is 6.92. The third kappa shape index (κ3) is 8.87. The van der Waals surface area contributed by atoms with E-state index in [0.717, 1.165) is 4.90 Å². The molecule has 0 bridgehead atoms. The van der Waals surface area contributed by atoms with Crippen LogP contribution in [0.2, 0.25) is 5.02 Å². The number of rotatable bonds is 8. The lowest BCUT2D eigenvalue weighted by molar-refractivity contribution is -0.154. The van der Waals surface area contributed by atoms with Gasteiger partial charge in [-0.2, -0.15) is 13.2 Å². The number of ether oxygens (including phenoxy) is 1. The molecule has 2 aromatic rings. The fraction of sp³-hybridized carbons (Fsp3) is 0.294. The van der Waals surface area contributed by atoms with Crippen LogP contribution in [0.3, 0.4) is 0 Å². The normalized spacial score (nSPS) is 11.1. The molecule has 1 heterocycles. The molecule has 27 heavy (non-hydrogen) atoms. The van der Waals surface area contributed by atoms with Gasteiger partial charge < -0.3 is 15.4 Å². The van der Waals surface area contributed by atoms with Crippen molar-refractivity contribution in [2.45, 2.75) is 17.6 Å². The number of amides is 2. The molecule has 0 aliphatic carbocycles. The molecule has 5 nitrogen and oxygen atoms in total. The van der Waals surface area contributed by atoms with E-state index in [0.29, 0.717) is 22.9 Å². The van der Waals surface area contributed by atoms with E-state index in [9.17, 15) is 18.0 Å². The summed E-state index contributed by atoms with van der Waals surface area (Å²) in [7, 11) is 0. The highest BCUT2D eigenvalue weighted by atomic mass is 35.5. The molecule has 0 aliphatic rings. The third-order valence-electron chi connectivity index (χ3n) is 3.11. The fourth-order valence-electron chi connectivity index (χ4n) is 1.90. The number of alkyl halides is 3. The van der Waals surface area contributed by atoms with Gasteiger partial charge in [0.05, 0.1) is 0 Å². The van der Waals surface area contributed by atoms with Crippen molar-refractivity contribution in [2.75, 3.05) is 18.9 Å². The summed E-state index contributed by atoms with van der Waals surface area (Å²) in [6, 6.07) is 9.95. The summed E-state index contributed by atoms with van der Waals surface area (Å²) in [6.07, 6.45) is -3.11. The SMILES string of the molecule is O=C(NCCSc1ccc(Cl)cc1)NCc1ccnc(OCC(F)(F)F)c1. The zero-order chi connectivity index (χ0) is 19.7. The van der Waals surface area contributed by atoms with Crippen molar-refractivity contribution >= 4 is 29.4 Å². The van der Waals surface area contributed by atoms with Gasteiger partial charge in [-0.25, -0.2) is 9.78 Å². The van der Waals surface area contributed by atoms with Gasteiger partial charge in [0.25, 0.3) is 0 Å². The van der Waals surface area contributed by atoms with Crippen LogP contribution in [0, 0.1) is 0 Å². The fourth-order valence-corrected chi connectivity index (χ4v) is 2.80. The van der Waals surface area contributed by atoms with E-state index >= 15 is 0 Å². The van der Waals surface area contributed by atoms with Crippen LogP contribution in [0.15, 0.2) is 47.5 Å². The molecule has 2 rings (SSSR count). The Balaban J connectivity index is 1.67. The van der Waals surface area contributed by atoms with Crippen LogP contribution in [0.5, 0.6) is 5.88 Å². The molecule has 1 aromatic heterocycles. The van der Waals surface area contributed by atoms with Gasteiger partial charge in [0, 0.05) is 41.0 Å². The number of thioether (sulfide) groups is 1. The predicted octanol–water partition coefficient (Wildman–Crippen LogP) is 4.27. The predicted molar refractivity (Wildman–Crippen MR) is 98.2 cm³/mol. The van der Waals surface area contributed by atoms with Crippen LogP contribution in [0.1, 0.15) is 5.56 Å². The number of halogens is 4. The van der Waals surface area contributed by atoms with Gasteiger partial charge in [-0.15, -0.1) is 11.8 Å². The maximum absolute atomic E-state index is 12.1. The Kier molecular flexibility index (Phi) is 8.05. The smallest absolute Gasteiger partial charge is 0.422 e. The number of carbonyl (C=O) groups excluding carboxylic acids is 1. The summed E-state index contributed by atoms with van der Waals surface area (Å²) in [6.45, 7) is -0.820. The van der Waals surface area contributed by atoms with Crippen molar-refractivity contribution in [2.24, 2.45) is 0 Å². The minimum Gasteiger partial charge on any atom is -0.468 e. The number of benzene rings is 1. The van der Waals surface area contributed by atoms with E-state index in [1.54, 1.807) is 30.0 Å². The Morgan fingerprint density at radius 2 is 1.93 bits per heavy atom. The van der Waals surface area contributed by atoms with Crippen molar-refractivity contribution in [3.63, 3.8) is 0 Å². The molecular weight excluding hydrogens is 403 g/mol. The number of carbonyl (C=O) groups is 1. The van der Waals surface area contributed by atoms with Crippen LogP contribution < -0.4 is 15.4 Å². The lowest BCUT2D eigenvalue weighted by Gasteiger charge is -2.10. The van der Waals surface area contributed by atoms with E-state index in [1.807, 2.05) is 12.1 Å². The Morgan fingerprint density at radius 1 is 1.19 bits per heavy atom. The van der Waals surface area contributed by atoms with Crippen LogP contribution in [0.4, 0.5) is 18.0 Å². The molecule has 10 heteroatoms. The van der Waals surface area contributed by atoms with Gasteiger partial charge in [-0.05, 0) is 35.9 Å². The van der Waals surface area contributed by atoms with Crippen molar-refractivity contribution in [3.8, 4) is 5.88 Å². The van der Waals surface area contributed by atoms with Crippen molar-refractivity contribution in [1.82, 2.24) is 15.6 Å². The quantitative estimate of drug-likeness (QED) is 0.495. The Hall–Kier alpha value is -2.13. The Bertz CT molecular complexity index is 745. The zero-order valence-corrected chi connectivity index (χ0v) is 15.6. The molecule has 0 radical (unpaired) electrons. The van der Waals surface area contributed by atoms with E-state index in [1.165, 1.54) is 12.3 Å². The Labute approximate surface area is 163 Å². The van der Waals surface area contributed by atoms with Gasteiger partial charge in [0.15, 0.2) is 6.61 Å². The Morgan fingerprint density at radius 3 is 2.63 bits per heavy atom. The maximum atomic E-state index is 12.1. The molecule has 146 valence electrons. The molecule has 2 N–H and O–H groups in total. The average molecular weight is 420 g/mol. The summed E-state index contributed by atoms with van der Waals surface area (Å²) in [5.41, 5.74) is 0.577. The van der Waals surface area contributed by atoms with Crippen LogP contribution in [-0.2, 0) is 6.54 Å². The summed E-state index contributed by atoms with van der Waals surface area (Å²) >= 11 is 7.39. The lowest BCUT2D eigenvalue weighted by atomic mass is 10.2. The largest absolute Gasteiger partial charge is 0.468 e. The highest BCUT2D eigenvalue weighted by molar-refractivity contribution is 7.99. The molecule has 0 saturated heterocycles. The van der Waals surface area contributed by atoms with Crippen LogP contribution in [-0.4, -0.2) is 36.1 Å². The van der Waals surface area contributed by atoms with Gasteiger partial charge in [-0.1, -0.05) is 11.6 Å². The van der Waals surface area contributed by atoms with Crippen LogP contribution in [0.25, 0.3) is 0 Å². The molecule has 2 amide bonds. The summed E-state index contributed by atoms with van der Waals surface area (Å²) < 4.78 is 41.0. The summed E-state index contributed by atoms with van der Waals surface area (Å²) in [4.78, 5) is 16.5. The summed E-state index contributed by atoms with van der Waals surface area (Å²) in [5, 5.41) is 5.99. The van der Waals surface area contributed by atoms with Gasteiger partial charge >= 0.3 is 12.2 Å². The summed E-state index contributed by atoms with van der Waals surface area (Å²) in [5.74, 6) is 0.533. The first-order chi connectivity index (χ1) is 12.8. The van der Waals surface area contributed by atoms with Crippen LogP contribution >= 0.6 is 23.4 Å². The number of hydrogen-bond acceptors (Lipinski definition) is 4. The average Bonchev–Trinajstić information content (AvgIpc) is 2.63. The number of aromatic nitrogens is 1. The van der Waals surface area contributed by atoms with Gasteiger partial charge in [0.1, 0.15) is 0 Å². The first-order valence-corrected chi connectivity index (χ1v) is 9.23. The minimum atomic E-state index is -4.43. The molecule has 0 spiro atoms. The maximum Gasteiger partial charge on any atom is 0.422 e. The van der Waals surface area contributed by atoms with Gasteiger partial charge in [-0.3, -0.25) is 0 Å². The second kappa shape index (κ2) is 10.3. The first kappa shape index (κ1) is 21.2. The van der Waals surface area contributed by atoms with Crippen molar-refractivity contribution in [1.29, 1.82) is 0 Å². The number of urea groups is 1. The van der Waals surface area contributed by atoms with E-state index in [4.69, 9.17) is 11.6 Å². The number of pyridine rings is 1. The third-order valence-corrected chi connectivity index (χ3v) is 4.37. The van der Waals surface area contributed by atoms with Crippen molar-refractivity contribution in [3.05, 3.63) is 53.2 Å². The highest BCUT2D eigenvalue weighted by Crippen LogP contribution is 2.20. The molecular formula is C17H17ClF3N3O2S. The standard InChI is InChI=1S/C17H17ClF3N3O2S/c18-13-1-3-14(4-2-13)27-8-7-23-16(25)24-10-12-5-6-22-15(9-12)26-11-17(19,20)21/h1-6,9H,7-8,10-11H2,(H2,23,24,25). The van der Waals surface area contributed by atoms with E-state index < -0.39 is 12.8 Å².